The monoisotopic (exact) mass is 332 g/mol. The van der Waals surface area contributed by atoms with Gasteiger partial charge in [-0.15, -0.1) is 0 Å². The Kier molecular flexibility index (Phi) is 4.36. The summed E-state index contributed by atoms with van der Waals surface area (Å²) in [6.07, 6.45) is 1.13. The molecule has 0 fully saturated rings. The molecule has 1 aliphatic heterocycles. The largest absolute Gasteiger partial charge is 0.367 e. The molecule has 4 nitrogen and oxygen atoms in total. The minimum absolute atomic E-state index is 0.445. The minimum atomic E-state index is 0.445. The predicted molar refractivity (Wildman–Crippen MR) is 103 cm³/mol. The average Bonchev–Trinajstić information content (AvgIpc) is 2.65. The third-order valence-corrected chi connectivity index (χ3v) is 5.09. The Morgan fingerprint density at radius 2 is 1.68 bits per heavy atom. The van der Waals surface area contributed by atoms with Gasteiger partial charge in [0.2, 0.25) is 0 Å². The van der Waals surface area contributed by atoms with Crippen molar-refractivity contribution in [3.63, 3.8) is 0 Å². The number of para-hydroxylation sites is 2. The first-order valence-electron chi connectivity index (χ1n) is 8.99. The first kappa shape index (κ1) is 16.0. The molecule has 2 aromatic carbocycles. The van der Waals surface area contributed by atoms with Crippen LogP contribution in [-0.2, 0) is 13.0 Å². The molecule has 0 unspecified atom stereocenters. The van der Waals surface area contributed by atoms with Crippen molar-refractivity contribution < 1.29 is 0 Å². The highest BCUT2D eigenvalue weighted by Crippen LogP contribution is 2.21. The lowest BCUT2D eigenvalue weighted by atomic mass is 9.99. The Bertz CT molecular complexity index is 890. The smallest absolute Gasteiger partial charge is 0.148 e. The maximum absolute atomic E-state index is 4.74. The van der Waals surface area contributed by atoms with Gasteiger partial charge in [-0.2, -0.15) is 0 Å². The summed E-state index contributed by atoms with van der Waals surface area (Å²) in [4.78, 5) is 11.9. The van der Waals surface area contributed by atoms with Crippen LogP contribution in [0.5, 0.6) is 0 Å². The summed E-state index contributed by atoms with van der Waals surface area (Å²) in [7, 11) is 0. The number of benzene rings is 2. The Hall–Kier alpha value is -2.46. The summed E-state index contributed by atoms with van der Waals surface area (Å²) in [6.45, 7) is 7.31. The molecule has 0 saturated heterocycles. The third-order valence-electron chi connectivity index (χ3n) is 5.09. The molecule has 4 heteroatoms. The SMILES string of the molecule is Cc1nc2ccccc2nc1NC[C@@H](C)N1CCc2ccccc2C1. The topological polar surface area (TPSA) is 41.1 Å². The van der Waals surface area contributed by atoms with Crippen molar-refractivity contribution in [2.45, 2.75) is 32.9 Å². The second kappa shape index (κ2) is 6.81. The standard InChI is InChI=1S/C21H24N4/c1-15(25-12-11-17-7-3-4-8-18(17)14-25)13-22-21-16(2)23-19-9-5-6-10-20(19)24-21/h3-10,15H,11-14H2,1-2H3,(H,22,24)/t15-/m1/s1. The third kappa shape index (κ3) is 3.35. The molecule has 128 valence electrons. The van der Waals surface area contributed by atoms with Crippen LogP contribution in [-0.4, -0.2) is 34.0 Å². The number of fused-ring (bicyclic) bond motifs is 2. The van der Waals surface area contributed by atoms with E-state index >= 15 is 0 Å². The van der Waals surface area contributed by atoms with E-state index in [1.54, 1.807) is 0 Å². The first-order valence-corrected chi connectivity index (χ1v) is 8.99. The van der Waals surface area contributed by atoms with Gasteiger partial charge in [0.1, 0.15) is 5.82 Å². The van der Waals surface area contributed by atoms with Gasteiger partial charge in [0.25, 0.3) is 0 Å². The summed E-state index contributed by atoms with van der Waals surface area (Å²) in [5, 5.41) is 3.51. The molecular formula is C21H24N4. The number of rotatable bonds is 4. The number of nitrogens with one attached hydrogen (secondary N) is 1. The lowest BCUT2D eigenvalue weighted by Crippen LogP contribution is -2.41. The van der Waals surface area contributed by atoms with E-state index in [1.807, 2.05) is 31.2 Å². The number of anilines is 1. The maximum atomic E-state index is 4.74. The van der Waals surface area contributed by atoms with Crippen molar-refractivity contribution in [2.24, 2.45) is 0 Å². The zero-order valence-corrected chi connectivity index (χ0v) is 14.9. The normalized spacial score (nSPS) is 15.8. The van der Waals surface area contributed by atoms with E-state index in [0.29, 0.717) is 6.04 Å². The average molecular weight is 332 g/mol. The van der Waals surface area contributed by atoms with E-state index < -0.39 is 0 Å². The molecule has 0 saturated carbocycles. The van der Waals surface area contributed by atoms with Crippen molar-refractivity contribution in [1.82, 2.24) is 14.9 Å². The summed E-state index contributed by atoms with van der Waals surface area (Å²) >= 11 is 0. The number of hydrogen-bond acceptors (Lipinski definition) is 4. The quantitative estimate of drug-likeness (QED) is 0.789. The Balaban J connectivity index is 1.44. The number of nitrogens with zero attached hydrogens (tertiary/aromatic N) is 3. The van der Waals surface area contributed by atoms with E-state index in [4.69, 9.17) is 4.98 Å². The van der Waals surface area contributed by atoms with Gasteiger partial charge in [-0.25, -0.2) is 9.97 Å². The van der Waals surface area contributed by atoms with Gasteiger partial charge in [0.05, 0.1) is 16.7 Å². The molecule has 0 spiro atoms. The van der Waals surface area contributed by atoms with Crippen LogP contribution in [0.4, 0.5) is 5.82 Å². The lowest BCUT2D eigenvalue weighted by Gasteiger charge is -2.34. The van der Waals surface area contributed by atoms with Gasteiger partial charge in [-0.3, -0.25) is 4.90 Å². The second-order valence-corrected chi connectivity index (χ2v) is 6.87. The van der Waals surface area contributed by atoms with E-state index in [2.05, 4.69) is 46.4 Å². The predicted octanol–water partition coefficient (Wildman–Crippen LogP) is 3.80. The van der Waals surface area contributed by atoms with Gasteiger partial charge in [0, 0.05) is 25.7 Å². The van der Waals surface area contributed by atoms with Crippen molar-refractivity contribution in [3.8, 4) is 0 Å². The second-order valence-electron chi connectivity index (χ2n) is 6.87. The molecular weight excluding hydrogens is 308 g/mol. The summed E-state index contributed by atoms with van der Waals surface area (Å²) in [5.41, 5.74) is 5.80. The molecule has 4 rings (SSSR count). The Labute approximate surface area is 148 Å². The van der Waals surface area contributed by atoms with E-state index in [0.717, 1.165) is 48.6 Å². The van der Waals surface area contributed by atoms with Crippen LogP contribution in [0.2, 0.25) is 0 Å². The zero-order valence-electron chi connectivity index (χ0n) is 14.9. The van der Waals surface area contributed by atoms with Crippen molar-refractivity contribution in [3.05, 3.63) is 65.4 Å². The number of aryl methyl sites for hydroxylation is 1. The molecule has 1 N–H and O–H groups in total. The fourth-order valence-electron chi connectivity index (χ4n) is 3.52. The highest BCUT2D eigenvalue weighted by Gasteiger charge is 2.20. The van der Waals surface area contributed by atoms with Crippen molar-refractivity contribution >= 4 is 16.9 Å². The lowest BCUT2D eigenvalue weighted by molar-refractivity contribution is 0.198. The molecule has 1 atom stereocenters. The summed E-state index contributed by atoms with van der Waals surface area (Å²) < 4.78 is 0. The fraction of sp³-hybridized carbons (Fsp3) is 0.333. The van der Waals surface area contributed by atoms with Crippen LogP contribution < -0.4 is 5.32 Å². The first-order chi connectivity index (χ1) is 12.2. The van der Waals surface area contributed by atoms with Gasteiger partial charge in [-0.05, 0) is 43.5 Å². The highest BCUT2D eigenvalue weighted by molar-refractivity contribution is 5.76. The number of hydrogen-bond donors (Lipinski definition) is 1. The summed E-state index contributed by atoms with van der Waals surface area (Å²) in [5.74, 6) is 0.892. The van der Waals surface area contributed by atoms with Gasteiger partial charge in [0.15, 0.2) is 0 Å². The van der Waals surface area contributed by atoms with E-state index in [1.165, 1.54) is 11.1 Å². The Morgan fingerprint density at radius 1 is 1.00 bits per heavy atom. The molecule has 0 aliphatic carbocycles. The maximum Gasteiger partial charge on any atom is 0.148 e. The molecule has 0 bridgehead atoms. The molecule has 25 heavy (non-hydrogen) atoms. The van der Waals surface area contributed by atoms with Crippen LogP contribution in [0.1, 0.15) is 23.7 Å². The van der Waals surface area contributed by atoms with Crippen molar-refractivity contribution in [2.75, 3.05) is 18.4 Å². The highest BCUT2D eigenvalue weighted by atomic mass is 15.2. The van der Waals surface area contributed by atoms with E-state index in [-0.39, 0.29) is 0 Å². The Morgan fingerprint density at radius 3 is 2.48 bits per heavy atom. The molecule has 2 heterocycles. The zero-order chi connectivity index (χ0) is 17.2. The number of aromatic nitrogens is 2. The minimum Gasteiger partial charge on any atom is -0.367 e. The summed E-state index contributed by atoms with van der Waals surface area (Å²) in [6, 6.07) is 17.2. The molecule has 0 radical (unpaired) electrons. The van der Waals surface area contributed by atoms with Crippen LogP contribution >= 0.6 is 0 Å². The van der Waals surface area contributed by atoms with Crippen LogP contribution in [0.25, 0.3) is 11.0 Å². The molecule has 1 aliphatic rings. The van der Waals surface area contributed by atoms with Crippen LogP contribution in [0, 0.1) is 6.92 Å². The van der Waals surface area contributed by atoms with E-state index in [9.17, 15) is 0 Å². The van der Waals surface area contributed by atoms with Crippen LogP contribution in [0.15, 0.2) is 48.5 Å². The van der Waals surface area contributed by atoms with Gasteiger partial charge >= 0.3 is 0 Å². The van der Waals surface area contributed by atoms with Crippen LogP contribution in [0.3, 0.4) is 0 Å². The molecule has 1 aromatic heterocycles. The molecule has 3 aromatic rings. The van der Waals surface area contributed by atoms with Gasteiger partial charge in [-0.1, -0.05) is 36.4 Å². The fourth-order valence-corrected chi connectivity index (χ4v) is 3.52. The van der Waals surface area contributed by atoms with Crippen molar-refractivity contribution in [1.29, 1.82) is 0 Å². The molecule has 0 amide bonds. The van der Waals surface area contributed by atoms with Gasteiger partial charge < -0.3 is 5.32 Å².